The molecule has 0 radical (unpaired) electrons. The average Bonchev–Trinajstić information content (AvgIpc) is 2.91. The Labute approximate surface area is 140 Å². The van der Waals surface area contributed by atoms with E-state index in [0.717, 1.165) is 4.90 Å². The summed E-state index contributed by atoms with van der Waals surface area (Å²) < 4.78 is 0.950. The maximum atomic E-state index is 12.5. The first-order valence-corrected chi connectivity index (χ1v) is 8.06. The lowest BCUT2D eigenvalue weighted by Crippen LogP contribution is -2.55. The van der Waals surface area contributed by atoms with E-state index in [1.54, 1.807) is 6.07 Å². The fraction of sp³-hybridized carbons (Fsp3) is 0.417. The van der Waals surface area contributed by atoms with Crippen LogP contribution in [0, 0.1) is 0 Å². The van der Waals surface area contributed by atoms with Gasteiger partial charge in [0.2, 0.25) is 0 Å². The number of imide groups is 1. The number of rotatable bonds is 2. The van der Waals surface area contributed by atoms with Gasteiger partial charge >= 0.3 is 12.1 Å². The van der Waals surface area contributed by atoms with E-state index in [2.05, 4.69) is 0 Å². The molecule has 2 fully saturated rings. The van der Waals surface area contributed by atoms with Gasteiger partial charge in [0.25, 0.3) is 5.91 Å². The number of amides is 5. The van der Waals surface area contributed by atoms with Gasteiger partial charge in [0.1, 0.15) is 6.04 Å². The topological polar surface area (TPSA) is 87.0 Å². The highest BCUT2D eigenvalue weighted by atomic mass is 35.5. The Kier molecular flexibility index (Phi) is 3.92. The standard InChI is InChI=1S/C12H12Cl2N4O3S/c13-8-3-6(9(14)22-8)4-18-10(19)7-5-16(11(15)20)1-2-17(7)12(18)21/h3,7H,1-2,4-5H2,(H2,15,20). The van der Waals surface area contributed by atoms with Crippen LogP contribution in [0.5, 0.6) is 0 Å². The van der Waals surface area contributed by atoms with Crippen molar-refractivity contribution in [1.29, 1.82) is 0 Å². The number of nitrogens with two attached hydrogens (primary N) is 1. The monoisotopic (exact) mass is 362 g/mol. The SMILES string of the molecule is NC(=O)N1CCN2C(=O)N(Cc3cc(Cl)sc3Cl)C(=O)C2C1. The zero-order chi connectivity index (χ0) is 16.0. The van der Waals surface area contributed by atoms with Crippen molar-refractivity contribution in [3.8, 4) is 0 Å². The Balaban J connectivity index is 1.80. The van der Waals surface area contributed by atoms with E-state index < -0.39 is 12.1 Å². The van der Waals surface area contributed by atoms with Gasteiger partial charge in [-0.25, -0.2) is 9.59 Å². The summed E-state index contributed by atoms with van der Waals surface area (Å²) in [4.78, 5) is 40.0. The smallest absolute Gasteiger partial charge is 0.327 e. The van der Waals surface area contributed by atoms with E-state index in [0.29, 0.717) is 20.8 Å². The largest absolute Gasteiger partial charge is 0.351 e. The molecule has 10 heteroatoms. The third-order valence-corrected chi connectivity index (χ3v) is 5.34. The van der Waals surface area contributed by atoms with E-state index in [9.17, 15) is 14.4 Å². The molecular weight excluding hydrogens is 351 g/mol. The van der Waals surface area contributed by atoms with Crippen LogP contribution in [0.2, 0.25) is 8.67 Å². The maximum absolute atomic E-state index is 12.5. The van der Waals surface area contributed by atoms with Gasteiger partial charge < -0.3 is 15.5 Å². The van der Waals surface area contributed by atoms with Gasteiger partial charge in [-0.15, -0.1) is 11.3 Å². The molecule has 5 amide bonds. The van der Waals surface area contributed by atoms with Gasteiger partial charge in [-0.3, -0.25) is 9.69 Å². The number of piperazine rings is 1. The van der Waals surface area contributed by atoms with E-state index in [4.69, 9.17) is 28.9 Å². The minimum Gasteiger partial charge on any atom is -0.351 e. The fourth-order valence-electron chi connectivity index (χ4n) is 2.65. The third kappa shape index (κ3) is 2.51. The van der Waals surface area contributed by atoms with Crippen LogP contribution in [-0.2, 0) is 11.3 Å². The van der Waals surface area contributed by atoms with E-state index in [1.165, 1.54) is 21.1 Å². The maximum Gasteiger partial charge on any atom is 0.327 e. The van der Waals surface area contributed by atoms with Crippen molar-refractivity contribution >= 4 is 52.5 Å². The molecule has 2 aliphatic rings. The molecule has 0 aromatic carbocycles. The Morgan fingerprint density at radius 1 is 1.36 bits per heavy atom. The lowest BCUT2D eigenvalue weighted by molar-refractivity contribution is -0.129. The second-order valence-electron chi connectivity index (χ2n) is 5.05. The zero-order valence-electron chi connectivity index (χ0n) is 11.3. The van der Waals surface area contributed by atoms with E-state index in [-0.39, 0.29) is 31.6 Å². The highest BCUT2D eigenvalue weighted by Gasteiger charge is 2.48. The fourth-order valence-corrected chi connectivity index (χ4v) is 4.12. The second-order valence-corrected chi connectivity index (χ2v) is 7.34. The number of thiophene rings is 1. The number of carbonyl (C=O) groups is 3. The quantitative estimate of drug-likeness (QED) is 0.810. The summed E-state index contributed by atoms with van der Waals surface area (Å²) in [5.74, 6) is -0.352. The molecule has 7 nitrogen and oxygen atoms in total. The highest BCUT2D eigenvalue weighted by Crippen LogP contribution is 2.33. The van der Waals surface area contributed by atoms with Gasteiger partial charge in [-0.2, -0.15) is 0 Å². The summed E-state index contributed by atoms with van der Waals surface area (Å²) in [5.41, 5.74) is 5.87. The van der Waals surface area contributed by atoms with Crippen molar-refractivity contribution in [3.63, 3.8) is 0 Å². The van der Waals surface area contributed by atoms with Crippen LogP contribution in [0.15, 0.2) is 6.07 Å². The molecule has 2 saturated heterocycles. The van der Waals surface area contributed by atoms with Crippen molar-refractivity contribution in [1.82, 2.24) is 14.7 Å². The molecule has 2 aliphatic heterocycles. The number of primary amides is 1. The van der Waals surface area contributed by atoms with Crippen molar-refractivity contribution in [3.05, 3.63) is 20.3 Å². The number of urea groups is 2. The molecule has 22 heavy (non-hydrogen) atoms. The van der Waals surface area contributed by atoms with Crippen molar-refractivity contribution in [2.75, 3.05) is 19.6 Å². The molecule has 118 valence electrons. The normalized spacial score (nSPS) is 21.5. The Morgan fingerprint density at radius 3 is 2.68 bits per heavy atom. The highest BCUT2D eigenvalue weighted by molar-refractivity contribution is 7.20. The molecule has 0 saturated carbocycles. The summed E-state index contributed by atoms with van der Waals surface area (Å²) in [6.07, 6.45) is 0. The minimum absolute atomic E-state index is 0.0727. The molecule has 1 aromatic rings. The number of halogens is 2. The summed E-state index contributed by atoms with van der Waals surface area (Å²) in [6, 6.07) is -0.00700. The van der Waals surface area contributed by atoms with E-state index in [1.807, 2.05) is 0 Å². The Morgan fingerprint density at radius 2 is 2.09 bits per heavy atom. The predicted molar refractivity (Wildman–Crippen MR) is 81.9 cm³/mol. The van der Waals surface area contributed by atoms with Gasteiger partial charge in [-0.05, 0) is 6.07 Å². The number of carbonyl (C=O) groups excluding carboxylic acids is 3. The number of hydrogen-bond donors (Lipinski definition) is 1. The van der Waals surface area contributed by atoms with Gasteiger partial charge in [0.15, 0.2) is 0 Å². The minimum atomic E-state index is -0.679. The lowest BCUT2D eigenvalue weighted by atomic mass is 10.2. The van der Waals surface area contributed by atoms with Crippen LogP contribution in [-0.4, -0.2) is 58.3 Å². The van der Waals surface area contributed by atoms with Crippen molar-refractivity contribution < 1.29 is 14.4 Å². The first-order chi connectivity index (χ1) is 10.4. The summed E-state index contributed by atoms with van der Waals surface area (Å²) in [7, 11) is 0. The van der Waals surface area contributed by atoms with Crippen LogP contribution in [0.25, 0.3) is 0 Å². The Bertz CT molecular complexity index is 665. The number of fused-ring (bicyclic) bond motifs is 1. The molecular formula is C12H12Cl2N4O3S. The second kappa shape index (κ2) is 5.60. The van der Waals surface area contributed by atoms with Crippen LogP contribution < -0.4 is 5.73 Å². The van der Waals surface area contributed by atoms with Crippen molar-refractivity contribution in [2.45, 2.75) is 12.6 Å². The molecule has 3 heterocycles. The summed E-state index contributed by atoms with van der Waals surface area (Å²) in [5, 5.41) is 0. The Hall–Kier alpha value is -1.51. The first kappa shape index (κ1) is 15.4. The first-order valence-electron chi connectivity index (χ1n) is 6.48. The van der Waals surface area contributed by atoms with Gasteiger partial charge in [0, 0.05) is 18.7 Å². The number of hydrogen-bond acceptors (Lipinski definition) is 4. The third-order valence-electron chi connectivity index (χ3n) is 3.78. The molecule has 0 bridgehead atoms. The van der Waals surface area contributed by atoms with Crippen LogP contribution in [0.3, 0.4) is 0 Å². The molecule has 1 unspecified atom stereocenters. The number of nitrogens with zero attached hydrogens (tertiary/aromatic N) is 3. The molecule has 1 aromatic heterocycles. The van der Waals surface area contributed by atoms with Gasteiger partial charge in [-0.1, -0.05) is 23.2 Å². The van der Waals surface area contributed by atoms with Gasteiger partial charge in [0.05, 0.1) is 21.8 Å². The van der Waals surface area contributed by atoms with Crippen molar-refractivity contribution in [2.24, 2.45) is 5.73 Å². The molecule has 0 spiro atoms. The molecule has 2 N–H and O–H groups in total. The molecule has 1 atom stereocenters. The summed E-state index contributed by atoms with van der Waals surface area (Å²) >= 11 is 13.1. The summed E-state index contributed by atoms with van der Waals surface area (Å²) in [6.45, 7) is 0.800. The van der Waals surface area contributed by atoms with Crippen LogP contribution in [0.4, 0.5) is 9.59 Å². The lowest BCUT2D eigenvalue weighted by Gasteiger charge is -2.34. The van der Waals surface area contributed by atoms with Crippen LogP contribution in [0.1, 0.15) is 5.56 Å². The van der Waals surface area contributed by atoms with E-state index >= 15 is 0 Å². The predicted octanol–water partition coefficient (Wildman–Crippen LogP) is 1.58. The zero-order valence-corrected chi connectivity index (χ0v) is 13.6. The average molecular weight is 363 g/mol. The van der Waals surface area contributed by atoms with Crippen LogP contribution >= 0.6 is 34.5 Å². The molecule has 3 rings (SSSR count). The molecule has 0 aliphatic carbocycles.